The number of nitrogens with zero attached hydrogens (tertiary/aromatic N) is 2. The lowest BCUT2D eigenvalue weighted by Gasteiger charge is -2.26. The van der Waals surface area contributed by atoms with Crippen LogP contribution in [0.4, 0.5) is 5.69 Å². The van der Waals surface area contributed by atoms with Crippen LogP contribution in [0.3, 0.4) is 0 Å². The molecule has 1 aliphatic rings. The van der Waals surface area contributed by atoms with Crippen molar-refractivity contribution in [3.05, 3.63) is 35.5 Å². The highest BCUT2D eigenvalue weighted by molar-refractivity contribution is 6.31. The largest absolute Gasteiger partial charge is 0.367 e. The summed E-state index contributed by atoms with van der Waals surface area (Å²) < 4.78 is 0. The van der Waals surface area contributed by atoms with Gasteiger partial charge in [-0.05, 0) is 18.6 Å². The second-order valence-corrected chi connectivity index (χ2v) is 4.40. The van der Waals surface area contributed by atoms with Gasteiger partial charge in [-0.1, -0.05) is 23.8 Å². The minimum atomic E-state index is 0.751. The van der Waals surface area contributed by atoms with Gasteiger partial charge in [0.1, 0.15) is 0 Å². The lowest BCUT2D eigenvalue weighted by atomic mass is 10.1. The van der Waals surface area contributed by atoms with Crippen molar-refractivity contribution in [3.63, 3.8) is 0 Å². The van der Waals surface area contributed by atoms with Gasteiger partial charge < -0.3 is 4.90 Å². The van der Waals surface area contributed by atoms with E-state index in [-0.39, 0.29) is 0 Å². The molecule has 0 bridgehead atoms. The highest BCUT2D eigenvalue weighted by Gasteiger charge is 2.12. The molecule has 0 saturated heterocycles. The van der Waals surface area contributed by atoms with E-state index in [4.69, 9.17) is 11.6 Å². The summed E-state index contributed by atoms with van der Waals surface area (Å²) in [6.07, 6.45) is 7.36. The summed E-state index contributed by atoms with van der Waals surface area (Å²) in [6.45, 7) is 1.98. The second kappa shape index (κ2) is 3.83. The predicted octanol–water partition coefficient (Wildman–Crippen LogP) is 2.98. The maximum atomic E-state index is 6.11. The Morgan fingerprint density at radius 1 is 1.31 bits per heavy atom. The maximum Gasteiger partial charge on any atom is 0.0686 e. The van der Waals surface area contributed by atoms with Gasteiger partial charge in [-0.2, -0.15) is 5.10 Å². The van der Waals surface area contributed by atoms with E-state index in [0.29, 0.717) is 0 Å². The molecule has 2 aromatic rings. The lowest BCUT2D eigenvalue weighted by molar-refractivity contribution is 0.824. The molecule has 0 amide bonds. The van der Waals surface area contributed by atoms with Gasteiger partial charge in [-0.15, -0.1) is 0 Å². The van der Waals surface area contributed by atoms with Crippen LogP contribution in [0.2, 0.25) is 5.02 Å². The Hall–Kier alpha value is -1.48. The number of rotatable bonds is 1. The number of nitrogens with one attached hydrogen (secondary N) is 1. The smallest absolute Gasteiger partial charge is 0.0686 e. The van der Waals surface area contributed by atoms with Crippen LogP contribution in [0, 0.1) is 0 Å². The number of anilines is 1. The molecule has 0 aliphatic carbocycles. The van der Waals surface area contributed by atoms with Crippen LogP contribution < -0.4 is 4.90 Å². The lowest BCUT2D eigenvalue weighted by Crippen LogP contribution is -2.26. The van der Waals surface area contributed by atoms with Crippen LogP contribution in [0.5, 0.6) is 0 Å². The van der Waals surface area contributed by atoms with Crippen molar-refractivity contribution in [2.45, 2.75) is 6.42 Å². The monoisotopic (exact) mass is 233 g/mol. The molecule has 1 aliphatic heterocycles. The maximum absolute atomic E-state index is 6.11. The fourth-order valence-electron chi connectivity index (χ4n) is 2.12. The van der Waals surface area contributed by atoms with Gasteiger partial charge >= 0.3 is 0 Å². The van der Waals surface area contributed by atoms with E-state index in [0.717, 1.165) is 35.4 Å². The molecule has 0 unspecified atom stereocenters. The topological polar surface area (TPSA) is 31.9 Å². The number of halogens is 1. The van der Waals surface area contributed by atoms with Crippen molar-refractivity contribution in [2.24, 2.45) is 0 Å². The van der Waals surface area contributed by atoms with Gasteiger partial charge in [0.05, 0.1) is 11.7 Å². The average molecular weight is 234 g/mol. The van der Waals surface area contributed by atoms with E-state index in [9.17, 15) is 0 Å². The number of hydrogen-bond acceptors (Lipinski definition) is 2. The molecule has 0 fully saturated rings. The Bertz CT molecular complexity index is 544. The van der Waals surface area contributed by atoms with Crippen LogP contribution in [0.15, 0.2) is 30.5 Å². The van der Waals surface area contributed by atoms with E-state index in [1.165, 1.54) is 5.69 Å². The van der Waals surface area contributed by atoms with Gasteiger partial charge in [0.2, 0.25) is 0 Å². The minimum Gasteiger partial charge on any atom is -0.367 e. The first-order valence-electron chi connectivity index (χ1n) is 5.37. The Morgan fingerprint density at radius 3 is 3.06 bits per heavy atom. The zero-order valence-electron chi connectivity index (χ0n) is 8.78. The Kier molecular flexibility index (Phi) is 2.33. The summed E-state index contributed by atoms with van der Waals surface area (Å²) >= 11 is 6.11. The molecule has 0 radical (unpaired) electrons. The molecule has 0 spiro atoms. The van der Waals surface area contributed by atoms with E-state index in [1.807, 2.05) is 18.3 Å². The van der Waals surface area contributed by atoms with Crippen molar-refractivity contribution < 1.29 is 0 Å². The zero-order chi connectivity index (χ0) is 11.0. The average Bonchev–Trinajstić information content (AvgIpc) is 2.77. The molecule has 0 atom stereocenters. The molecule has 82 valence electrons. The SMILES string of the molecule is Clc1cc(N2CC=CCC2)c2cn[nH]c2c1. The molecule has 0 saturated carbocycles. The van der Waals surface area contributed by atoms with Crippen molar-refractivity contribution in [1.29, 1.82) is 0 Å². The first kappa shape index (κ1) is 9.73. The molecule has 3 nitrogen and oxygen atoms in total. The summed E-state index contributed by atoms with van der Waals surface area (Å²) in [4.78, 5) is 2.32. The third-order valence-corrected chi connectivity index (χ3v) is 3.12. The number of benzene rings is 1. The molecule has 1 aromatic heterocycles. The Labute approximate surface area is 98.7 Å². The first-order valence-corrected chi connectivity index (χ1v) is 5.75. The Morgan fingerprint density at radius 2 is 2.25 bits per heavy atom. The number of H-pyrrole nitrogens is 1. The van der Waals surface area contributed by atoms with Gasteiger partial charge in [-0.25, -0.2) is 0 Å². The molecular formula is C12H12ClN3. The third kappa shape index (κ3) is 1.57. The highest BCUT2D eigenvalue weighted by atomic mass is 35.5. The molecule has 4 heteroatoms. The number of aromatic amines is 1. The second-order valence-electron chi connectivity index (χ2n) is 3.96. The minimum absolute atomic E-state index is 0.751. The van der Waals surface area contributed by atoms with Crippen molar-refractivity contribution in [1.82, 2.24) is 10.2 Å². The highest BCUT2D eigenvalue weighted by Crippen LogP contribution is 2.30. The molecule has 1 N–H and O–H groups in total. The summed E-state index contributed by atoms with van der Waals surface area (Å²) in [5, 5.41) is 8.92. The van der Waals surface area contributed by atoms with Gasteiger partial charge in [0.15, 0.2) is 0 Å². The summed E-state index contributed by atoms with van der Waals surface area (Å²) in [6, 6.07) is 3.92. The molecule has 2 heterocycles. The van der Waals surface area contributed by atoms with Gasteiger partial charge in [0.25, 0.3) is 0 Å². The fraction of sp³-hybridized carbons (Fsp3) is 0.250. The quantitative estimate of drug-likeness (QED) is 0.768. The van der Waals surface area contributed by atoms with E-state index >= 15 is 0 Å². The van der Waals surface area contributed by atoms with Crippen LogP contribution in [-0.4, -0.2) is 23.3 Å². The van der Waals surface area contributed by atoms with Crippen LogP contribution in [-0.2, 0) is 0 Å². The van der Waals surface area contributed by atoms with E-state index in [1.54, 1.807) is 0 Å². The van der Waals surface area contributed by atoms with Crippen LogP contribution in [0.25, 0.3) is 10.9 Å². The summed E-state index contributed by atoms with van der Waals surface area (Å²) in [5.41, 5.74) is 2.16. The normalized spacial score (nSPS) is 15.9. The third-order valence-electron chi connectivity index (χ3n) is 2.90. The van der Waals surface area contributed by atoms with Crippen molar-refractivity contribution in [2.75, 3.05) is 18.0 Å². The number of fused-ring (bicyclic) bond motifs is 1. The zero-order valence-corrected chi connectivity index (χ0v) is 9.54. The van der Waals surface area contributed by atoms with Crippen LogP contribution in [0.1, 0.15) is 6.42 Å². The van der Waals surface area contributed by atoms with Crippen LogP contribution >= 0.6 is 11.6 Å². The van der Waals surface area contributed by atoms with E-state index < -0.39 is 0 Å². The summed E-state index contributed by atoms with van der Waals surface area (Å²) in [7, 11) is 0. The first-order chi connectivity index (χ1) is 7.84. The van der Waals surface area contributed by atoms with Gasteiger partial charge in [-0.3, -0.25) is 5.10 Å². The predicted molar refractivity (Wildman–Crippen MR) is 67.1 cm³/mol. The fourth-order valence-corrected chi connectivity index (χ4v) is 2.33. The standard InChI is InChI=1S/C12H12ClN3/c13-9-6-11-10(8-14-15-11)12(7-9)16-4-2-1-3-5-16/h1-2,6-8H,3-5H2,(H,14,15). The van der Waals surface area contributed by atoms with E-state index in [2.05, 4.69) is 27.2 Å². The number of hydrogen-bond donors (Lipinski definition) is 1. The molecule has 1 aromatic carbocycles. The molecule has 3 rings (SSSR count). The Balaban J connectivity index is 2.13. The molecule has 16 heavy (non-hydrogen) atoms. The summed E-state index contributed by atoms with van der Waals surface area (Å²) in [5.74, 6) is 0. The molecular weight excluding hydrogens is 222 g/mol. The van der Waals surface area contributed by atoms with Gasteiger partial charge in [0, 0.05) is 29.2 Å². The number of aromatic nitrogens is 2. The van der Waals surface area contributed by atoms with Crippen molar-refractivity contribution >= 4 is 28.2 Å². The van der Waals surface area contributed by atoms with Crippen molar-refractivity contribution in [3.8, 4) is 0 Å².